The normalized spacial score (nSPS) is 16.1. The molecule has 2 aromatic rings. The van der Waals surface area contributed by atoms with Crippen molar-refractivity contribution in [3.05, 3.63) is 48.0 Å². The van der Waals surface area contributed by atoms with Crippen LogP contribution in [0.4, 0.5) is 0 Å². The van der Waals surface area contributed by atoms with E-state index in [-0.39, 0.29) is 6.04 Å². The molecular weight excluding hydrogens is 250 g/mol. The maximum absolute atomic E-state index is 5.42. The van der Waals surface area contributed by atoms with E-state index >= 15 is 0 Å². The molecule has 106 valence electrons. The second-order valence-electron chi connectivity index (χ2n) is 5.37. The van der Waals surface area contributed by atoms with Gasteiger partial charge in [-0.2, -0.15) is 0 Å². The number of hydrogen-bond acceptors (Lipinski definition) is 3. The second-order valence-corrected chi connectivity index (χ2v) is 5.37. The van der Waals surface area contributed by atoms with Crippen molar-refractivity contribution in [1.82, 2.24) is 14.9 Å². The molecule has 1 fully saturated rings. The number of imidazole rings is 1. The predicted octanol–water partition coefficient (Wildman–Crippen LogP) is 3.08. The average molecular weight is 271 g/mol. The average Bonchev–Trinajstić information content (AvgIpc) is 3.23. The Balaban J connectivity index is 1.66. The van der Waals surface area contributed by atoms with Gasteiger partial charge in [0.1, 0.15) is 5.75 Å². The number of benzene rings is 1. The molecule has 0 radical (unpaired) electrons. The predicted molar refractivity (Wildman–Crippen MR) is 78.7 cm³/mol. The molecule has 4 nitrogen and oxygen atoms in total. The second kappa shape index (κ2) is 5.67. The summed E-state index contributed by atoms with van der Waals surface area (Å²) in [7, 11) is 1.72. The molecule has 1 heterocycles. The molecule has 0 bridgehead atoms. The van der Waals surface area contributed by atoms with Gasteiger partial charge >= 0.3 is 0 Å². The SMILES string of the molecule is COc1ccccc1C(C)NCc1cncn1C1CC1. The van der Waals surface area contributed by atoms with Gasteiger partial charge in [-0.1, -0.05) is 18.2 Å². The van der Waals surface area contributed by atoms with Gasteiger partial charge < -0.3 is 14.6 Å². The summed E-state index contributed by atoms with van der Waals surface area (Å²) in [4.78, 5) is 4.27. The zero-order valence-electron chi connectivity index (χ0n) is 12.0. The summed E-state index contributed by atoms with van der Waals surface area (Å²) in [6.07, 6.45) is 6.47. The molecule has 1 aliphatic carbocycles. The number of nitrogens with one attached hydrogen (secondary N) is 1. The van der Waals surface area contributed by atoms with Crippen LogP contribution in [0.25, 0.3) is 0 Å². The molecule has 1 saturated carbocycles. The molecule has 1 atom stereocenters. The lowest BCUT2D eigenvalue weighted by Gasteiger charge is -2.17. The van der Waals surface area contributed by atoms with Crippen LogP contribution < -0.4 is 10.1 Å². The molecule has 0 amide bonds. The van der Waals surface area contributed by atoms with Crippen molar-refractivity contribution in [1.29, 1.82) is 0 Å². The highest BCUT2D eigenvalue weighted by molar-refractivity contribution is 5.35. The first-order valence-corrected chi connectivity index (χ1v) is 7.16. The number of para-hydroxylation sites is 1. The van der Waals surface area contributed by atoms with Crippen LogP contribution in [0.3, 0.4) is 0 Å². The highest BCUT2D eigenvalue weighted by atomic mass is 16.5. The fourth-order valence-electron chi connectivity index (χ4n) is 2.54. The van der Waals surface area contributed by atoms with Crippen LogP contribution in [-0.4, -0.2) is 16.7 Å². The summed E-state index contributed by atoms with van der Waals surface area (Å²) in [5.41, 5.74) is 2.45. The first-order chi connectivity index (χ1) is 9.79. The number of hydrogen-bond donors (Lipinski definition) is 1. The van der Waals surface area contributed by atoms with Crippen LogP contribution in [0.5, 0.6) is 5.75 Å². The third-order valence-corrected chi connectivity index (χ3v) is 3.88. The van der Waals surface area contributed by atoms with Crippen LogP contribution in [0, 0.1) is 0 Å². The third-order valence-electron chi connectivity index (χ3n) is 3.88. The minimum atomic E-state index is 0.244. The number of nitrogens with zero attached hydrogens (tertiary/aromatic N) is 2. The Hall–Kier alpha value is -1.81. The molecular formula is C16H21N3O. The standard InChI is InChI=1S/C16H21N3O/c1-12(15-5-3-4-6-16(15)20-2)18-10-14-9-17-11-19(14)13-7-8-13/h3-6,9,11-13,18H,7-8,10H2,1-2H3. The molecule has 0 saturated heterocycles. The summed E-state index contributed by atoms with van der Waals surface area (Å²) in [5.74, 6) is 0.934. The Bertz CT molecular complexity index is 575. The van der Waals surface area contributed by atoms with E-state index in [1.165, 1.54) is 24.1 Å². The van der Waals surface area contributed by atoms with Crippen molar-refractivity contribution in [2.75, 3.05) is 7.11 Å². The first-order valence-electron chi connectivity index (χ1n) is 7.16. The number of rotatable bonds is 6. The topological polar surface area (TPSA) is 39.1 Å². The van der Waals surface area contributed by atoms with Crippen molar-refractivity contribution in [2.24, 2.45) is 0 Å². The lowest BCUT2D eigenvalue weighted by atomic mass is 10.1. The summed E-state index contributed by atoms with van der Waals surface area (Å²) >= 11 is 0. The van der Waals surface area contributed by atoms with Gasteiger partial charge in [0.15, 0.2) is 0 Å². The van der Waals surface area contributed by atoms with Gasteiger partial charge in [-0.05, 0) is 25.8 Å². The molecule has 0 aliphatic heterocycles. The van der Waals surface area contributed by atoms with Gasteiger partial charge in [0, 0.05) is 30.4 Å². The monoisotopic (exact) mass is 271 g/mol. The molecule has 1 unspecified atom stereocenters. The lowest BCUT2D eigenvalue weighted by molar-refractivity contribution is 0.401. The summed E-state index contributed by atoms with van der Waals surface area (Å²) in [5, 5.41) is 3.56. The zero-order chi connectivity index (χ0) is 13.9. The maximum Gasteiger partial charge on any atom is 0.123 e. The Morgan fingerprint density at radius 3 is 2.95 bits per heavy atom. The van der Waals surface area contributed by atoms with E-state index in [0.29, 0.717) is 6.04 Å². The van der Waals surface area contributed by atoms with E-state index in [4.69, 9.17) is 4.74 Å². The first kappa shape index (κ1) is 13.2. The fourth-order valence-corrected chi connectivity index (χ4v) is 2.54. The molecule has 1 aromatic heterocycles. The molecule has 1 aliphatic rings. The van der Waals surface area contributed by atoms with Crippen LogP contribution in [0.2, 0.25) is 0 Å². The minimum Gasteiger partial charge on any atom is -0.496 e. The van der Waals surface area contributed by atoms with Gasteiger partial charge in [-0.25, -0.2) is 4.98 Å². The highest BCUT2D eigenvalue weighted by Gasteiger charge is 2.25. The smallest absolute Gasteiger partial charge is 0.123 e. The van der Waals surface area contributed by atoms with Crippen LogP contribution in [0.15, 0.2) is 36.8 Å². The highest BCUT2D eigenvalue weighted by Crippen LogP contribution is 2.35. The van der Waals surface area contributed by atoms with E-state index in [1.807, 2.05) is 30.7 Å². The Morgan fingerprint density at radius 2 is 2.20 bits per heavy atom. The molecule has 4 heteroatoms. The van der Waals surface area contributed by atoms with E-state index in [2.05, 4.69) is 27.9 Å². The molecule has 1 N–H and O–H groups in total. The van der Waals surface area contributed by atoms with Crippen molar-refractivity contribution >= 4 is 0 Å². The van der Waals surface area contributed by atoms with Crippen LogP contribution in [0.1, 0.15) is 43.1 Å². The van der Waals surface area contributed by atoms with Gasteiger partial charge in [-0.3, -0.25) is 0 Å². The molecule has 0 spiro atoms. The zero-order valence-corrected chi connectivity index (χ0v) is 12.0. The van der Waals surface area contributed by atoms with Gasteiger partial charge in [-0.15, -0.1) is 0 Å². The quantitative estimate of drug-likeness (QED) is 0.877. The number of ether oxygens (including phenoxy) is 1. The fraction of sp³-hybridized carbons (Fsp3) is 0.438. The van der Waals surface area contributed by atoms with Crippen molar-refractivity contribution in [3.8, 4) is 5.75 Å². The van der Waals surface area contributed by atoms with Crippen LogP contribution >= 0.6 is 0 Å². The summed E-state index contributed by atoms with van der Waals surface area (Å²) in [6, 6.07) is 9.07. The lowest BCUT2D eigenvalue weighted by Crippen LogP contribution is -2.20. The van der Waals surface area contributed by atoms with Gasteiger partial charge in [0.25, 0.3) is 0 Å². The third kappa shape index (κ3) is 2.70. The van der Waals surface area contributed by atoms with E-state index < -0.39 is 0 Å². The maximum atomic E-state index is 5.42. The minimum absolute atomic E-state index is 0.244. The van der Waals surface area contributed by atoms with Crippen molar-refractivity contribution < 1.29 is 4.74 Å². The molecule has 1 aromatic carbocycles. The van der Waals surface area contributed by atoms with E-state index in [9.17, 15) is 0 Å². The van der Waals surface area contributed by atoms with E-state index in [1.54, 1.807) is 7.11 Å². The van der Waals surface area contributed by atoms with Crippen molar-refractivity contribution in [3.63, 3.8) is 0 Å². The Labute approximate surface area is 119 Å². The Kier molecular flexibility index (Phi) is 3.74. The number of aromatic nitrogens is 2. The largest absolute Gasteiger partial charge is 0.496 e. The van der Waals surface area contributed by atoms with Crippen LogP contribution in [-0.2, 0) is 6.54 Å². The number of methoxy groups -OCH3 is 1. The van der Waals surface area contributed by atoms with E-state index in [0.717, 1.165) is 12.3 Å². The molecule has 20 heavy (non-hydrogen) atoms. The van der Waals surface area contributed by atoms with Gasteiger partial charge in [0.05, 0.1) is 19.1 Å². The summed E-state index contributed by atoms with van der Waals surface area (Å²) in [6.45, 7) is 2.99. The Morgan fingerprint density at radius 1 is 1.40 bits per heavy atom. The molecule has 3 rings (SSSR count). The van der Waals surface area contributed by atoms with Crippen molar-refractivity contribution in [2.45, 2.75) is 38.4 Å². The van der Waals surface area contributed by atoms with Gasteiger partial charge in [0.2, 0.25) is 0 Å². The summed E-state index contributed by atoms with van der Waals surface area (Å²) < 4.78 is 7.71.